The van der Waals surface area contributed by atoms with Crippen molar-refractivity contribution in [3.8, 4) is 0 Å². The number of hydrogen-bond acceptors (Lipinski definition) is 3. The lowest BCUT2D eigenvalue weighted by Crippen LogP contribution is -2.28. The van der Waals surface area contributed by atoms with E-state index in [-0.39, 0.29) is 6.04 Å². The van der Waals surface area contributed by atoms with Gasteiger partial charge in [0.15, 0.2) is 0 Å². The van der Waals surface area contributed by atoms with E-state index in [1.807, 2.05) is 19.2 Å². The molecule has 1 atom stereocenters. The SMILES string of the molecule is CC(C)CCN(CCC(C)C)c1cc(C(C)N)ccn1. The average molecular weight is 277 g/mol. The van der Waals surface area contributed by atoms with Crippen molar-refractivity contribution in [1.29, 1.82) is 0 Å². The summed E-state index contributed by atoms with van der Waals surface area (Å²) in [7, 11) is 0. The third kappa shape index (κ3) is 5.91. The first-order valence-corrected chi connectivity index (χ1v) is 7.86. The van der Waals surface area contributed by atoms with Crippen LogP contribution in [0.5, 0.6) is 0 Å². The van der Waals surface area contributed by atoms with Crippen LogP contribution >= 0.6 is 0 Å². The third-order valence-corrected chi connectivity index (χ3v) is 3.57. The zero-order valence-corrected chi connectivity index (χ0v) is 13.8. The van der Waals surface area contributed by atoms with Gasteiger partial charge in [-0.1, -0.05) is 27.7 Å². The first-order chi connectivity index (χ1) is 9.40. The second kappa shape index (κ2) is 8.25. The summed E-state index contributed by atoms with van der Waals surface area (Å²) in [6, 6.07) is 4.22. The molecule has 0 amide bonds. The number of rotatable bonds is 8. The van der Waals surface area contributed by atoms with Gasteiger partial charge in [0, 0.05) is 25.3 Å². The van der Waals surface area contributed by atoms with Gasteiger partial charge in [0.1, 0.15) is 5.82 Å². The molecule has 114 valence electrons. The Balaban J connectivity index is 2.81. The van der Waals surface area contributed by atoms with E-state index in [0.717, 1.165) is 24.5 Å². The van der Waals surface area contributed by atoms with Gasteiger partial charge in [-0.2, -0.15) is 0 Å². The summed E-state index contributed by atoms with van der Waals surface area (Å²) >= 11 is 0. The van der Waals surface area contributed by atoms with Crippen molar-refractivity contribution in [3.05, 3.63) is 23.9 Å². The molecule has 0 spiro atoms. The third-order valence-electron chi connectivity index (χ3n) is 3.57. The number of nitrogens with zero attached hydrogens (tertiary/aromatic N) is 2. The molecule has 0 saturated heterocycles. The van der Waals surface area contributed by atoms with Crippen molar-refractivity contribution in [2.24, 2.45) is 17.6 Å². The molecule has 1 aromatic heterocycles. The van der Waals surface area contributed by atoms with Crippen LogP contribution in [0.15, 0.2) is 18.3 Å². The van der Waals surface area contributed by atoms with E-state index in [2.05, 4.69) is 43.6 Å². The lowest BCUT2D eigenvalue weighted by Gasteiger charge is -2.26. The number of anilines is 1. The Kier molecular flexibility index (Phi) is 7.00. The van der Waals surface area contributed by atoms with Crippen LogP contribution in [-0.4, -0.2) is 18.1 Å². The van der Waals surface area contributed by atoms with Crippen LogP contribution in [-0.2, 0) is 0 Å². The Labute approximate surface area is 124 Å². The fraction of sp³-hybridized carbons (Fsp3) is 0.706. The Morgan fingerprint density at radius 2 is 1.60 bits per heavy atom. The second-order valence-corrected chi connectivity index (χ2v) is 6.59. The van der Waals surface area contributed by atoms with Gasteiger partial charge in [-0.15, -0.1) is 0 Å². The Bertz CT molecular complexity index is 374. The van der Waals surface area contributed by atoms with Gasteiger partial charge < -0.3 is 10.6 Å². The van der Waals surface area contributed by atoms with E-state index >= 15 is 0 Å². The van der Waals surface area contributed by atoms with E-state index in [1.54, 1.807) is 0 Å². The predicted octanol–water partition coefficient (Wildman–Crippen LogP) is 4.00. The maximum atomic E-state index is 5.98. The van der Waals surface area contributed by atoms with E-state index in [1.165, 1.54) is 12.8 Å². The van der Waals surface area contributed by atoms with Gasteiger partial charge in [-0.05, 0) is 49.3 Å². The van der Waals surface area contributed by atoms with Crippen LogP contribution in [0.25, 0.3) is 0 Å². The molecule has 0 aliphatic rings. The minimum Gasteiger partial charge on any atom is -0.357 e. The molecular weight excluding hydrogens is 246 g/mol. The summed E-state index contributed by atoms with van der Waals surface area (Å²) in [6.45, 7) is 13.2. The number of pyridine rings is 1. The fourth-order valence-electron chi connectivity index (χ4n) is 2.06. The summed E-state index contributed by atoms with van der Waals surface area (Å²) in [5.41, 5.74) is 7.14. The summed E-state index contributed by atoms with van der Waals surface area (Å²) < 4.78 is 0. The fourth-order valence-corrected chi connectivity index (χ4v) is 2.06. The Morgan fingerprint density at radius 3 is 2.05 bits per heavy atom. The number of nitrogens with two attached hydrogens (primary N) is 1. The monoisotopic (exact) mass is 277 g/mol. The van der Waals surface area contributed by atoms with Crippen LogP contribution in [0.3, 0.4) is 0 Å². The highest BCUT2D eigenvalue weighted by molar-refractivity contribution is 5.41. The molecule has 0 aliphatic carbocycles. The van der Waals surface area contributed by atoms with Crippen LogP contribution in [0.1, 0.15) is 59.1 Å². The number of aromatic nitrogens is 1. The van der Waals surface area contributed by atoms with Crippen molar-refractivity contribution >= 4 is 5.82 Å². The largest absolute Gasteiger partial charge is 0.357 e. The van der Waals surface area contributed by atoms with Gasteiger partial charge in [-0.3, -0.25) is 0 Å². The molecule has 20 heavy (non-hydrogen) atoms. The molecule has 0 aromatic carbocycles. The molecule has 3 nitrogen and oxygen atoms in total. The highest BCUT2D eigenvalue weighted by atomic mass is 15.2. The summed E-state index contributed by atoms with van der Waals surface area (Å²) in [6.07, 6.45) is 4.27. The van der Waals surface area contributed by atoms with Crippen molar-refractivity contribution in [1.82, 2.24) is 4.98 Å². The molecular formula is C17H31N3. The van der Waals surface area contributed by atoms with Gasteiger partial charge in [-0.25, -0.2) is 4.98 Å². The zero-order chi connectivity index (χ0) is 15.1. The van der Waals surface area contributed by atoms with Gasteiger partial charge in [0.25, 0.3) is 0 Å². The molecule has 0 aliphatic heterocycles. The minimum atomic E-state index is 0.0637. The predicted molar refractivity (Wildman–Crippen MR) is 88.0 cm³/mol. The van der Waals surface area contributed by atoms with E-state index in [0.29, 0.717) is 11.8 Å². The molecule has 3 heteroatoms. The quantitative estimate of drug-likeness (QED) is 0.781. The van der Waals surface area contributed by atoms with E-state index in [4.69, 9.17) is 5.73 Å². The van der Waals surface area contributed by atoms with Crippen LogP contribution < -0.4 is 10.6 Å². The molecule has 1 unspecified atom stereocenters. The normalized spacial score (nSPS) is 13.0. The first kappa shape index (κ1) is 17.0. The van der Waals surface area contributed by atoms with Crippen LogP contribution in [0, 0.1) is 11.8 Å². The van der Waals surface area contributed by atoms with E-state index in [9.17, 15) is 0 Å². The molecule has 1 heterocycles. The number of hydrogen-bond donors (Lipinski definition) is 1. The average Bonchev–Trinajstić information content (AvgIpc) is 2.38. The van der Waals surface area contributed by atoms with E-state index < -0.39 is 0 Å². The highest BCUT2D eigenvalue weighted by Crippen LogP contribution is 2.19. The minimum absolute atomic E-state index is 0.0637. The first-order valence-electron chi connectivity index (χ1n) is 7.86. The highest BCUT2D eigenvalue weighted by Gasteiger charge is 2.11. The summed E-state index contributed by atoms with van der Waals surface area (Å²) in [5, 5.41) is 0. The Hall–Kier alpha value is -1.09. The molecule has 0 bridgehead atoms. The smallest absolute Gasteiger partial charge is 0.128 e. The molecule has 1 aromatic rings. The topological polar surface area (TPSA) is 42.1 Å². The van der Waals surface area contributed by atoms with Crippen LogP contribution in [0.4, 0.5) is 5.82 Å². The molecule has 0 radical (unpaired) electrons. The Morgan fingerprint density at radius 1 is 1.05 bits per heavy atom. The molecule has 0 fully saturated rings. The van der Waals surface area contributed by atoms with Gasteiger partial charge >= 0.3 is 0 Å². The van der Waals surface area contributed by atoms with Crippen molar-refractivity contribution in [3.63, 3.8) is 0 Å². The van der Waals surface area contributed by atoms with Crippen molar-refractivity contribution in [2.75, 3.05) is 18.0 Å². The van der Waals surface area contributed by atoms with Gasteiger partial charge in [0.2, 0.25) is 0 Å². The lowest BCUT2D eigenvalue weighted by atomic mass is 10.1. The van der Waals surface area contributed by atoms with Gasteiger partial charge in [0.05, 0.1) is 0 Å². The van der Waals surface area contributed by atoms with Crippen molar-refractivity contribution < 1.29 is 0 Å². The second-order valence-electron chi connectivity index (χ2n) is 6.59. The van der Waals surface area contributed by atoms with Crippen molar-refractivity contribution in [2.45, 2.75) is 53.5 Å². The maximum Gasteiger partial charge on any atom is 0.128 e. The van der Waals surface area contributed by atoms with Crippen LogP contribution in [0.2, 0.25) is 0 Å². The maximum absolute atomic E-state index is 5.98. The standard InChI is InChI=1S/C17H31N3/c1-13(2)7-10-20(11-8-14(3)4)17-12-16(15(5)18)6-9-19-17/h6,9,12-15H,7-8,10-11,18H2,1-5H3. The summed E-state index contributed by atoms with van der Waals surface area (Å²) in [4.78, 5) is 6.96. The zero-order valence-electron chi connectivity index (χ0n) is 13.8. The molecule has 2 N–H and O–H groups in total. The summed E-state index contributed by atoms with van der Waals surface area (Å²) in [5.74, 6) is 2.50. The molecule has 0 saturated carbocycles. The lowest BCUT2D eigenvalue weighted by molar-refractivity contribution is 0.533. The molecule has 1 rings (SSSR count).